The summed E-state index contributed by atoms with van der Waals surface area (Å²) in [6.07, 6.45) is 0. The molecule has 0 N–H and O–H groups in total. The molecule has 12 aromatic carbocycles. The Labute approximate surface area is 475 Å². The quantitative estimate of drug-likeness (QED) is 0.152. The number of fused-ring (bicyclic) bond motifs is 17. The molecule has 0 fully saturated rings. The second-order valence-corrected chi connectivity index (χ2v) is 25.6. The van der Waals surface area contributed by atoms with Gasteiger partial charge in [0.1, 0.15) is 0 Å². The van der Waals surface area contributed by atoms with Crippen LogP contribution in [0.5, 0.6) is 0 Å². The van der Waals surface area contributed by atoms with Crippen LogP contribution in [-0.2, 0) is 5.41 Å². The Balaban J connectivity index is 0.951. The Hall–Kier alpha value is -9.90. The smallest absolute Gasteiger partial charge is 0.267 e. The maximum absolute atomic E-state index is 16.9. The average molecular weight is 1050 g/mol. The second-order valence-electron chi connectivity index (χ2n) is 25.6. The van der Waals surface area contributed by atoms with Crippen LogP contribution in [0.3, 0.4) is 0 Å². The van der Waals surface area contributed by atoms with E-state index in [9.17, 15) is 0 Å². The third-order valence-electron chi connectivity index (χ3n) is 23.0. The molecule has 0 amide bonds. The highest BCUT2D eigenvalue weighted by Crippen LogP contribution is 2.78. The third-order valence-corrected chi connectivity index (χ3v) is 23.0. The van der Waals surface area contributed by atoms with Crippen LogP contribution in [-0.4, -0.2) is 9.03 Å². The molecule has 0 saturated heterocycles. The zero-order valence-corrected chi connectivity index (χ0v) is 44.6. The van der Waals surface area contributed by atoms with E-state index in [-0.39, 0.29) is 63.9 Å². The lowest BCUT2D eigenvalue weighted by Crippen LogP contribution is -2.52. The maximum atomic E-state index is 16.9. The predicted molar refractivity (Wildman–Crippen MR) is 326 cm³/mol. The summed E-state index contributed by atoms with van der Waals surface area (Å²) in [5, 5.41) is 5.99. The molecule has 6 bridgehead atoms. The van der Waals surface area contributed by atoms with Crippen LogP contribution < -0.4 is 11.1 Å². The van der Waals surface area contributed by atoms with Crippen LogP contribution in [0.15, 0.2) is 228 Å². The minimum absolute atomic E-state index is 0.0248. The Morgan fingerprint density at radius 3 is 0.940 bits per heavy atom. The van der Waals surface area contributed by atoms with Gasteiger partial charge in [0.15, 0.2) is 0 Å². The molecule has 12 aliphatic rings. The number of benzene rings is 12. The fraction of sp³-hybridized carbons (Fsp3) is 0.114. The van der Waals surface area contributed by atoms with Crippen molar-refractivity contribution in [3.8, 4) is 0 Å². The summed E-state index contributed by atoms with van der Waals surface area (Å²) < 4.78 is 3.82. The maximum Gasteiger partial charge on any atom is 0.282 e. The molecule has 2 aromatic heterocycles. The van der Waals surface area contributed by atoms with Crippen molar-refractivity contribution in [2.24, 2.45) is 0 Å². The van der Waals surface area contributed by atoms with Crippen molar-refractivity contribution in [1.29, 1.82) is 0 Å². The molecule has 0 aliphatic heterocycles. The summed E-state index contributed by atoms with van der Waals surface area (Å²) in [5.41, 5.74) is 32.7. The van der Waals surface area contributed by atoms with Crippen LogP contribution in [0.4, 0.5) is 0 Å². The minimum Gasteiger partial charge on any atom is -0.267 e. The van der Waals surface area contributed by atoms with E-state index in [2.05, 4.69) is 223 Å². The summed E-state index contributed by atoms with van der Waals surface area (Å²) >= 11 is 0. The van der Waals surface area contributed by atoms with E-state index in [1.165, 1.54) is 133 Å². The van der Waals surface area contributed by atoms with Crippen LogP contribution in [0.2, 0.25) is 0 Å². The molecule has 12 aliphatic carbocycles. The first kappa shape index (κ1) is 42.0. The third kappa shape index (κ3) is 4.15. The number of hydrogen-bond donors (Lipinski definition) is 0. The SMILES string of the molecule is O=c1c2c3c(c4c5c(ccc4c2n2c4c(c6c(c7c8c(ccc74)C4c7ccccc7C47c4ccccc4C87)C4c7ccccc7C6c6ccccc64)c(=O)n12)C1c2ccccc2C5c2ccccc21)C1c2ccccc2C3c2ccccc21. The molecule has 3 atom stereocenters. The highest BCUT2D eigenvalue weighted by molar-refractivity contribution is 6.19. The Kier molecular flexibility index (Phi) is 6.85. The summed E-state index contributed by atoms with van der Waals surface area (Å²) in [5.74, 6) is -0.267. The molecule has 14 aromatic rings. The molecule has 26 rings (SSSR count). The van der Waals surface area contributed by atoms with Crippen molar-refractivity contribution in [1.82, 2.24) is 9.03 Å². The van der Waals surface area contributed by atoms with E-state index in [1.54, 1.807) is 4.52 Å². The monoisotopic (exact) mass is 1050 g/mol. The normalized spacial score (nSPS) is 24.0. The van der Waals surface area contributed by atoms with Crippen molar-refractivity contribution in [2.45, 2.75) is 52.8 Å². The molecule has 3 unspecified atom stereocenters. The molecule has 382 valence electrons. The fourth-order valence-electron chi connectivity index (χ4n) is 20.7. The number of hydrogen-bond acceptors (Lipinski definition) is 2. The van der Waals surface area contributed by atoms with Gasteiger partial charge in [-0.25, -0.2) is 4.52 Å². The topological polar surface area (TPSA) is 43.0 Å². The largest absolute Gasteiger partial charge is 0.282 e. The molecule has 2 heterocycles. The summed E-state index contributed by atoms with van der Waals surface area (Å²) in [4.78, 5) is 33.8. The zero-order valence-electron chi connectivity index (χ0n) is 44.6. The fourth-order valence-corrected chi connectivity index (χ4v) is 20.7. The van der Waals surface area contributed by atoms with Crippen LogP contribution >= 0.6 is 0 Å². The highest BCUT2D eigenvalue weighted by atomic mass is 16.2. The van der Waals surface area contributed by atoms with Gasteiger partial charge in [-0.3, -0.25) is 9.59 Å². The van der Waals surface area contributed by atoms with Crippen molar-refractivity contribution in [3.05, 3.63) is 373 Å². The molecule has 0 saturated carbocycles. The Bertz CT molecular complexity index is 5580. The minimum atomic E-state index is -0.220. The first-order valence-corrected chi connectivity index (χ1v) is 29.9. The van der Waals surface area contributed by atoms with E-state index >= 15 is 9.59 Å². The number of aromatic nitrogens is 2. The van der Waals surface area contributed by atoms with Gasteiger partial charge < -0.3 is 0 Å². The summed E-state index contributed by atoms with van der Waals surface area (Å²) in [6, 6.07) is 82.5. The first-order valence-electron chi connectivity index (χ1n) is 29.9. The highest BCUT2D eigenvalue weighted by Gasteiger charge is 2.70. The van der Waals surface area contributed by atoms with Gasteiger partial charge in [-0.2, -0.15) is 4.52 Å². The lowest BCUT2D eigenvalue weighted by Gasteiger charge is -2.58. The van der Waals surface area contributed by atoms with E-state index in [0.717, 1.165) is 32.9 Å². The zero-order chi connectivity index (χ0) is 53.4. The molecular weight excluding hydrogens is 1010 g/mol. The van der Waals surface area contributed by atoms with Crippen LogP contribution in [0.1, 0.15) is 181 Å². The molecule has 83 heavy (non-hydrogen) atoms. The number of rotatable bonds is 0. The van der Waals surface area contributed by atoms with Crippen molar-refractivity contribution < 1.29 is 0 Å². The van der Waals surface area contributed by atoms with Gasteiger partial charge in [0.25, 0.3) is 11.1 Å². The van der Waals surface area contributed by atoms with Gasteiger partial charge in [0.05, 0.1) is 21.8 Å². The second kappa shape index (κ2) is 13.5. The van der Waals surface area contributed by atoms with Gasteiger partial charge in [0.2, 0.25) is 0 Å². The molecule has 4 nitrogen and oxygen atoms in total. The Morgan fingerprint density at radius 2 is 0.542 bits per heavy atom. The van der Waals surface area contributed by atoms with Gasteiger partial charge in [-0.1, -0.05) is 218 Å². The molecule has 1 spiro atoms. The lowest BCUT2D eigenvalue weighted by molar-refractivity contribution is 0.333. The average Bonchev–Trinajstić information content (AvgIpc) is 1.54. The van der Waals surface area contributed by atoms with E-state index in [0.29, 0.717) is 10.8 Å². The van der Waals surface area contributed by atoms with E-state index in [1.807, 2.05) is 0 Å². The van der Waals surface area contributed by atoms with Crippen molar-refractivity contribution >= 4 is 43.4 Å². The van der Waals surface area contributed by atoms with Crippen molar-refractivity contribution in [3.63, 3.8) is 0 Å². The standard InChI is InChI=1S/C79H44N2O2/c82-77-71-69-61-45-25-9-5-21-41(45)59(42-22-6-10-26-46(42)61)67(69)64-53(35-33-51-57-37-17-1-3-19-39(37)58(63(51)64)40-20-4-2-18-38(40)57)75(71)80-76-54-36-34-52-66(74-50-30-14-16-32-56(50)79(74)55-31-15-13-29-49(55)73(52)79)65(54)68-60-43-23-7-11-27-47(43)62(48-28-12-8-24-44(48)60)70(68)72(76)78(83)81(77)80/h1-36,57-62,73-74H. The lowest BCUT2D eigenvalue weighted by atomic mass is 9.43. The van der Waals surface area contributed by atoms with E-state index in [4.69, 9.17) is 0 Å². The predicted octanol–water partition coefficient (Wildman–Crippen LogP) is 15.7. The summed E-state index contributed by atoms with van der Waals surface area (Å²) in [7, 11) is 0. The number of nitrogens with zero attached hydrogens (tertiary/aromatic N) is 2. The van der Waals surface area contributed by atoms with Crippen LogP contribution in [0, 0.1) is 0 Å². The molecule has 4 heteroatoms. The van der Waals surface area contributed by atoms with Gasteiger partial charge in [-0.05, 0) is 144 Å². The Morgan fingerprint density at radius 1 is 0.241 bits per heavy atom. The first-order chi connectivity index (χ1) is 41.1. The molecule has 0 radical (unpaired) electrons. The van der Waals surface area contributed by atoms with Crippen molar-refractivity contribution in [2.75, 3.05) is 0 Å². The van der Waals surface area contributed by atoms with Gasteiger partial charge in [-0.15, -0.1) is 0 Å². The molecular formula is C79H44N2O2. The van der Waals surface area contributed by atoms with Gasteiger partial charge in [0, 0.05) is 63.5 Å². The summed E-state index contributed by atoms with van der Waals surface area (Å²) in [6.45, 7) is 0. The van der Waals surface area contributed by atoms with E-state index < -0.39 is 0 Å². The van der Waals surface area contributed by atoms with Crippen LogP contribution in [0.25, 0.3) is 43.4 Å². The van der Waals surface area contributed by atoms with Gasteiger partial charge >= 0.3 is 0 Å².